The van der Waals surface area contributed by atoms with Gasteiger partial charge in [0.05, 0.1) is 0 Å². The molecule has 0 heterocycles. The molecule has 30 heavy (non-hydrogen) atoms. The molecule has 8 heteroatoms. The Labute approximate surface area is 174 Å². The van der Waals surface area contributed by atoms with Crippen LogP contribution in [0.15, 0.2) is 48.5 Å². The molecule has 4 N–H and O–H groups in total. The molecule has 8 nitrogen and oxygen atoms in total. The number of ether oxygens (including phenoxy) is 2. The summed E-state index contributed by atoms with van der Waals surface area (Å²) in [6.45, 7) is 3.34. The molecule has 0 bridgehead atoms. The number of carboxylic acids is 1. The predicted molar refractivity (Wildman–Crippen MR) is 107 cm³/mol. The number of aliphatic carboxylic acids is 1. The van der Waals surface area contributed by atoms with Crippen molar-refractivity contribution in [3.8, 4) is 11.5 Å². The lowest BCUT2D eigenvalue weighted by Crippen LogP contribution is -2.36. The normalized spacial score (nSPS) is 13.3. The zero-order valence-corrected chi connectivity index (χ0v) is 16.8. The van der Waals surface area contributed by atoms with E-state index >= 15 is 0 Å². The van der Waals surface area contributed by atoms with Crippen LogP contribution in [-0.4, -0.2) is 57.8 Å². The molecule has 2 aromatic carbocycles. The Balaban J connectivity index is 1.88. The highest BCUT2D eigenvalue weighted by molar-refractivity contribution is 5.90. The molecule has 0 spiro atoms. The lowest BCUT2D eigenvalue weighted by atomic mass is 9.78. The van der Waals surface area contributed by atoms with E-state index in [4.69, 9.17) is 9.84 Å². The molecule has 0 saturated heterocycles. The molecule has 2 unspecified atom stereocenters. The van der Waals surface area contributed by atoms with Gasteiger partial charge in [0.1, 0.15) is 43.3 Å². The number of aliphatic hydroxyl groups is 2. The van der Waals surface area contributed by atoms with E-state index in [0.29, 0.717) is 5.75 Å². The number of hydrogen-bond donors (Lipinski definition) is 4. The standard InChI is InChI=1S/C22H26O8/c1-22(2,14-3-7-16(23)8-4-14)15-5-9-17(10-6-15)29-12-18(24)19(25)13-30-21(28)11-20(26)27/h3-10,18-19,23-25H,11-13H2,1-2H3,(H,26,27). The molecule has 0 aromatic heterocycles. The molecular weight excluding hydrogens is 392 g/mol. The number of carboxylic acid groups (broad SMARTS) is 1. The van der Waals surface area contributed by atoms with Crippen LogP contribution >= 0.6 is 0 Å². The first kappa shape index (κ1) is 23.2. The summed E-state index contributed by atoms with van der Waals surface area (Å²) in [5.74, 6) is -1.65. The van der Waals surface area contributed by atoms with Crippen molar-refractivity contribution in [1.29, 1.82) is 0 Å². The molecule has 0 aliphatic heterocycles. The van der Waals surface area contributed by atoms with E-state index in [0.717, 1.165) is 11.1 Å². The highest BCUT2D eigenvalue weighted by Gasteiger charge is 2.23. The monoisotopic (exact) mass is 418 g/mol. The van der Waals surface area contributed by atoms with Crippen molar-refractivity contribution in [2.24, 2.45) is 0 Å². The minimum absolute atomic E-state index is 0.204. The average Bonchev–Trinajstić information content (AvgIpc) is 2.70. The maximum Gasteiger partial charge on any atom is 0.317 e. The molecule has 0 saturated carbocycles. The zero-order valence-electron chi connectivity index (χ0n) is 16.8. The first-order valence-corrected chi connectivity index (χ1v) is 9.36. The number of carbonyl (C=O) groups is 2. The van der Waals surface area contributed by atoms with Gasteiger partial charge in [-0.15, -0.1) is 0 Å². The molecule has 0 fully saturated rings. The zero-order chi connectivity index (χ0) is 22.3. The van der Waals surface area contributed by atoms with Crippen LogP contribution in [0, 0.1) is 0 Å². The quantitative estimate of drug-likeness (QED) is 0.339. The summed E-state index contributed by atoms with van der Waals surface area (Å²) in [5, 5.41) is 37.7. The molecule has 2 aromatic rings. The van der Waals surface area contributed by atoms with E-state index in [1.54, 1.807) is 24.3 Å². The van der Waals surface area contributed by atoms with E-state index < -0.39 is 37.2 Å². The minimum atomic E-state index is -1.41. The summed E-state index contributed by atoms with van der Waals surface area (Å²) < 4.78 is 10.1. The Morgan fingerprint density at radius 1 is 0.900 bits per heavy atom. The summed E-state index contributed by atoms with van der Waals surface area (Å²) in [4.78, 5) is 21.5. The number of aromatic hydroxyl groups is 1. The molecule has 2 atom stereocenters. The van der Waals surface area contributed by atoms with Crippen LogP contribution in [0.5, 0.6) is 11.5 Å². The van der Waals surface area contributed by atoms with Gasteiger partial charge in [0.15, 0.2) is 0 Å². The van der Waals surface area contributed by atoms with Crippen molar-refractivity contribution < 1.29 is 39.5 Å². The van der Waals surface area contributed by atoms with Gasteiger partial charge in [-0.2, -0.15) is 0 Å². The van der Waals surface area contributed by atoms with Crippen LogP contribution in [0.25, 0.3) is 0 Å². The van der Waals surface area contributed by atoms with Crippen molar-refractivity contribution >= 4 is 11.9 Å². The van der Waals surface area contributed by atoms with Crippen molar-refractivity contribution in [3.63, 3.8) is 0 Å². The van der Waals surface area contributed by atoms with Gasteiger partial charge in [-0.1, -0.05) is 38.1 Å². The van der Waals surface area contributed by atoms with Gasteiger partial charge in [-0.3, -0.25) is 9.59 Å². The Morgan fingerprint density at radius 3 is 1.93 bits per heavy atom. The van der Waals surface area contributed by atoms with Crippen LogP contribution in [0.4, 0.5) is 0 Å². The molecule has 0 amide bonds. The van der Waals surface area contributed by atoms with Crippen LogP contribution in [0.2, 0.25) is 0 Å². The fraction of sp³-hybridized carbons (Fsp3) is 0.364. The minimum Gasteiger partial charge on any atom is -0.508 e. The van der Waals surface area contributed by atoms with E-state index in [1.165, 1.54) is 0 Å². The Kier molecular flexibility index (Phi) is 7.79. The van der Waals surface area contributed by atoms with E-state index in [-0.39, 0.29) is 17.8 Å². The third kappa shape index (κ3) is 6.47. The van der Waals surface area contributed by atoms with Gasteiger partial charge >= 0.3 is 11.9 Å². The fourth-order valence-electron chi connectivity index (χ4n) is 2.77. The van der Waals surface area contributed by atoms with Crippen LogP contribution < -0.4 is 4.74 Å². The first-order valence-electron chi connectivity index (χ1n) is 9.36. The summed E-state index contributed by atoms with van der Waals surface area (Å²) in [7, 11) is 0. The SMILES string of the molecule is CC(C)(c1ccc(O)cc1)c1ccc(OCC(O)C(O)COC(=O)CC(=O)O)cc1. The van der Waals surface area contributed by atoms with Crippen LogP contribution in [0.3, 0.4) is 0 Å². The van der Waals surface area contributed by atoms with E-state index in [2.05, 4.69) is 18.6 Å². The molecule has 0 radical (unpaired) electrons. The molecular formula is C22H26O8. The van der Waals surface area contributed by atoms with Crippen molar-refractivity contribution in [2.45, 2.75) is 37.9 Å². The topological polar surface area (TPSA) is 134 Å². The maximum absolute atomic E-state index is 11.2. The smallest absolute Gasteiger partial charge is 0.317 e. The van der Waals surface area contributed by atoms with Gasteiger partial charge in [-0.25, -0.2) is 0 Å². The Morgan fingerprint density at radius 2 is 1.40 bits per heavy atom. The van der Waals surface area contributed by atoms with E-state index in [1.807, 2.05) is 24.3 Å². The summed E-state index contributed by atoms with van der Waals surface area (Å²) in [6.07, 6.45) is -3.54. The number of phenolic OH excluding ortho intramolecular Hbond substituents is 1. The fourth-order valence-corrected chi connectivity index (χ4v) is 2.77. The maximum atomic E-state index is 11.2. The Hall–Kier alpha value is -3.10. The number of phenols is 1. The van der Waals surface area contributed by atoms with E-state index in [9.17, 15) is 24.9 Å². The van der Waals surface area contributed by atoms with Gasteiger partial charge in [0.25, 0.3) is 0 Å². The van der Waals surface area contributed by atoms with Crippen molar-refractivity contribution in [1.82, 2.24) is 0 Å². The summed E-state index contributed by atoms with van der Waals surface area (Å²) in [5.41, 5.74) is 1.75. The Bertz CT molecular complexity index is 842. The van der Waals surface area contributed by atoms with Gasteiger partial charge in [0.2, 0.25) is 0 Å². The number of aliphatic hydroxyl groups excluding tert-OH is 2. The van der Waals surface area contributed by atoms with Gasteiger partial charge < -0.3 is 29.9 Å². The highest BCUT2D eigenvalue weighted by atomic mass is 16.5. The van der Waals surface area contributed by atoms with Gasteiger partial charge in [-0.05, 0) is 35.4 Å². The number of hydrogen-bond acceptors (Lipinski definition) is 7. The molecule has 162 valence electrons. The molecule has 0 aliphatic carbocycles. The lowest BCUT2D eigenvalue weighted by Gasteiger charge is -2.26. The number of carbonyl (C=O) groups excluding carboxylic acids is 1. The number of benzene rings is 2. The van der Waals surface area contributed by atoms with Crippen molar-refractivity contribution in [3.05, 3.63) is 59.7 Å². The second kappa shape index (κ2) is 10.1. The predicted octanol–water partition coefficient (Wildman–Crippen LogP) is 1.84. The first-order chi connectivity index (χ1) is 14.1. The van der Waals surface area contributed by atoms with Gasteiger partial charge in [0, 0.05) is 5.41 Å². The number of rotatable bonds is 10. The average molecular weight is 418 g/mol. The second-order valence-corrected chi connectivity index (χ2v) is 7.40. The largest absolute Gasteiger partial charge is 0.508 e. The summed E-state index contributed by atoms with van der Waals surface area (Å²) >= 11 is 0. The molecule has 0 aliphatic rings. The summed E-state index contributed by atoms with van der Waals surface area (Å²) in [6, 6.07) is 14.3. The lowest BCUT2D eigenvalue weighted by molar-refractivity contribution is -0.155. The number of esters is 1. The van der Waals surface area contributed by atoms with Crippen molar-refractivity contribution in [2.75, 3.05) is 13.2 Å². The second-order valence-electron chi connectivity index (χ2n) is 7.40. The third-order valence-electron chi connectivity index (χ3n) is 4.74. The highest BCUT2D eigenvalue weighted by Crippen LogP contribution is 2.33. The third-order valence-corrected chi connectivity index (χ3v) is 4.74. The van der Waals surface area contributed by atoms with Crippen LogP contribution in [-0.2, 0) is 19.7 Å². The molecule has 2 rings (SSSR count). The van der Waals surface area contributed by atoms with Crippen LogP contribution in [0.1, 0.15) is 31.4 Å².